The quantitative estimate of drug-likeness (QED) is 0.590. The molecule has 0 atom stereocenters. The summed E-state index contributed by atoms with van der Waals surface area (Å²) in [7, 11) is 0. The van der Waals surface area contributed by atoms with E-state index in [2.05, 4.69) is 26.1 Å². The first-order valence-electron chi connectivity index (χ1n) is 6.21. The number of nitrogens with zero attached hydrogens (tertiary/aromatic N) is 3. The third-order valence-corrected chi connectivity index (χ3v) is 3.90. The highest BCUT2D eigenvalue weighted by Crippen LogP contribution is 2.29. The van der Waals surface area contributed by atoms with E-state index in [0.717, 1.165) is 15.7 Å². The van der Waals surface area contributed by atoms with Crippen molar-refractivity contribution in [2.24, 2.45) is 0 Å². The number of rotatable bonds is 3. The van der Waals surface area contributed by atoms with Crippen molar-refractivity contribution in [2.45, 2.75) is 5.88 Å². The van der Waals surface area contributed by atoms with E-state index in [1.807, 2.05) is 53.1 Å². The highest BCUT2D eigenvalue weighted by Gasteiger charge is 2.15. The van der Waals surface area contributed by atoms with Gasteiger partial charge in [-0.05, 0) is 30.3 Å². The van der Waals surface area contributed by atoms with Crippen LogP contribution in [0.2, 0.25) is 5.02 Å². The lowest BCUT2D eigenvalue weighted by molar-refractivity contribution is 0.953. The van der Waals surface area contributed by atoms with Crippen molar-refractivity contribution in [3.05, 3.63) is 63.9 Å². The first-order chi connectivity index (χ1) is 10.2. The van der Waals surface area contributed by atoms with E-state index in [9.17, 15) is 0 Å². The molecule has 106 valence electrons. The topological polar surface area (TPSA) is 30.7 Å². The van der Waals surface area contributed by atoms with E-state index in [4.69, 9.17) is 23.2 Å². The second-order valence-corrected chi connectivity index (χ2v) is 6.02. The third-order valence-electron chi connectivity index (χ3n) is 2.98. The molecule has 0 bridgehead atoms. The van der Waals surface area contributed by atoms with Gasteiger partial charge >= 0.3 is 0 Å². The largest absolute Gasteiger partial charge is 0.278 e. The van der Waals surface area contributed by atoms with Crippen LogP contribution in [0.4, 0.5) is 0 Å². The second-order valence-electron chi connectivity index (χ2n) is 4.40. The fourth-order valence-corrected chi connectivity index (χ4v) is 3.15. The van der Waals surface area contributed by atoms with Crippen LogP contribution in [-0.2, 0) is 5.88 Å². The minimum Gasteiger partial charge on any atom is -0.278 e. The first-order valence-corrected chi connectivity index (χ1v) is 7.92. The molecule has 3 aromatic rings. The summed E-state index contributed by atoms with van der Waals surface area (Å²) in [6, 6.07) is 15.5. The van der Waals surface area contributed by atoms with Gasteiger partial charge in [-0.2, -0.15) is 0 Å². The van der Waals surface area contributed by atoms with Crippen molar-refractivity contribution in [2.75, 3.05) is 0 Å². The standard InChI is InChI=1S/C15H10BrCl2N3/c16-11-6-10(7-12(18)8-11)15-20-19-14(9-17)21(15)13-4-2-1-3-5-13/h1-8H,9H2. The molecule has 0 spiro atoms. The van der Waals surface area contributed by atoms with Gasteiger partial charge in [-0.3, -0.25) is 4.57 Å². The molecule has 1 aromatic heterocycles. The van der Waals surface area contributed by atoms with Gasteiger partial charge in [-0.15, -0.1) is 21.8 Å². The van der Waals surface area contributed by atoms with Gasteiger partial charge in [0.2, 0.25) is 0 Å². The molecule has 0 saturated heterocycles. The summed E-state index contributed by atoms with van der Waals surface area (Å²) < 4.78 is 2.82. The molecule has 0 aliphatic rings. The Bertz CT molecular complexity index is 752. The molecule has 0 aliphatic heterocycles. The molecule has 21 heavy (non-hydrogen) atoms. The number of aromatic nitrogens is 3. The Morgan fingerprint density at radius 3 is 2.48 bits per heavy atom. The number of hydrogen-bond donors (Lipinski definition) is 0. The molecule has 0 unspecified atom stereocenters. The Balaban J connectivity index is 2.22. The van der Waals surface area contributed by atoms with Crippen LogP contribution >= 0.6 is 39.1 Å². The van der Waals surface area contributed by atoms with Gasteiger partial charge in [-0.1, -0.05) is 45.7 Å². The summed E-state index contributed by atoms with van der Waals surface area (Å²) in [5.41, 5.74) is 1.84. The van der Waals surface area contributed by atoms with E-state index in [1.165, 1.54) is 0 Å². The smallest absolute Gasteiger partial charge is 0.168 e. The molecule has 0 amide bonds. The predicted molar refractivity (Wildman–Crippen MR) is 89.1 cm³/mol. The van der Waals surface area contributed by atoms with Gasteiger partial charge in [0.1, 0.15) is 0 Å². The van der Waals surface area contributed by atoms with Crippen LogP contribution in [0.5, 0.6) is 0 Å². The highest BCUT2D eigenvalue weighted by atomic mass is 79.9. The maximum atomic E-state index is 6.13. The van der Waals surface area contributed by atoms with Crippen molar-refractivity contribution < 1.29 is 0 Å². The fourth-order valence-electron chi connectivity index (χ4n) is 2.12. The van der Waals surface area contributed by atoms with Gasteiger partial charge in [-0.25, -0.2) is 0 Å². The second kappa shape index (κ2) is 6.18. The lowest BCUT2D eigenvalue weighted by Crippen LogP contribution is -2.01. The minimum atomic E-state index is 0.281. The molecule has 0 saturated carbocycles. The fraction of sp³-hybridized carbons (Fsp3) is 0.0667. The van der Waals surface area contributed by atoms with Gasteiger partial charge in [0.05, 0.1) is 5.88 Å². The number of hydrogen-bond acceptors (Lipinski definition) is 2. The SMILES string of the molecule is ClCc1nnc(-c2cc(Cl)cc(Br)c2)n1-c1ccccc1. The molecule has 3 nitrogen and oxygen atoms in total. The summed E-state index contributed by atoms with van der Waals surface area (Å²) in [5.74, 6) is 1.68. The molecular formula is C15H10BrCl2N3. The zero-order chi connectivity index (χ0) is 14.8. The number of alkyl halides is 1. The van der Waals surface area contributed by atoms with Crippen LogP contribution in [0.1, 0.15) is 5.82 Å². The molecule has 0 radical (unpaired) electrons. The van der Waals surface area contributed by atoms with Crippen LogP contribution in [0.3, 0.4) is 0 Å². The maximum absolute atomic E-state index is 6.13. The number of halogens is 3. The zero-order valence-electron chi connectivity index (χ0n) is 10.8. The van der Waals surface area contributed by atoms with Crippen LogP contribution in [0.25, 0.3) is 17.1 Å². The molecule has 2 aromatic carbocycles. The molecule has 1 heterocycles. The molecule has 0 fully saturated rings. The number of para-hydroxylation sites is 1. The minimum absolute atomic E-state index is 0.281. The molecule has 0 N–H and O–H groups in total. The van der Waals surface area contributed by atoms with E-state index >= 15 is 0 Å². The Hall–Kier alpha value is -1.36. The van der Waals surface area contributed by atoms with Crippen LogP contribution in [0.15, 0.2) is 53.0 Å². The Morgan fingerprint density at radius 2 is 1.81 bits per heavy atom. The van der Waals surface area contributed by atoms with Crippen LogP contribution < -0.4 is 0 Å². The monoisotopic (exact) mass is 381 g/mol. The third kappa shape index (κ3) is 2.98. The Labute approximate surface area is 140 Å². The van der Waals surface area contributed by atoms with E-state index < -0.39 is 0 Å². The Kier molecular flexibility index (Phi) is 4.29. The van der Waals surface area contributed by atoms with Crippen molar-refractivity contribution in [1.82, 2.24) is 14.8 Å². The lowest BCUT2D eigenvalue weighted by atomic mass is 10.2. The van der Waals surface area contributed by atoms with E-state index in [1.54, 1.807) is 0 Å². The summed E-state index contributed by atoms with van der Waals surface area (Å²) in [5, 5.41) is 9.07. The van der Waals surface area contributed by atoms with Crippen molar-refractivity contribution in [1.29, 1.82) is 0 Å². The average Bonchev–Trinajstić information content (AvgIpc) is 2.91. The van der Waals surface area contributed by atoms with Crippen molar-refractivity contribution in [3.63, 3.8) is 0 Å². The van der Waals surface area contributed by atoms with Gasteiger partial charge < -0.3 is 0 Å². The van der Waals surface area contributed by atoms with Crippen LogP contribution in [-0.4, -0.2) is 14.8 Å². The van der Waals surface area contributed by atoms with E-state index in [0.29, 0.717) is 16.7 Å². The lowest BCUT2D eigenvalue weighted by Gasteiger charge is -2.10. The van der Waals surface area contributed by atoms with Crippen molar-refractivity contribution >= 4 is 39.1 Å². The van der Waals surface area contributed by atoms with Gasteiger partial charge in [0.15, 0.2) is 11.6 Å². The number of benzene rings is 2. The molecule has 3 rings (SSSR count). The molecule has 0 aliphatic carbocycles. The summed E-state index contributed by atoms with van der Waals surface area (Å²) in [4.78, 5) is 0. The normalized spacial score (nSPS) is 10.8. The summed E-state index contributed by atoms with van der Waals surface area (Å²) >= 11 is 15.6. The maximum Gasteiger partial charge on any atom is 0.168 e. The summed E-state index contributed by atoms with van der Waals surface area (Å²) in [6.45, 7) is 0. The molecule has 6 heteroatoms. The van der Waals surface area contributed by atoms with Crippen molar-refractivity contribution in [3.8, 4) is 17.1 Å². The average molecular weight is 383 g/mol. The van der Waals surface area contributed by atoms with Crippen LogP contribution in [0, 0.1) is 0 Å². The highest BCUT2D eigenvalue weighted by molar-refractivity contribution is 9.10. The van der Waals surface area contributed by atoms with E-state index in [-0.39, 0.29) is 5.88 Å². The van der Waals surface area contributed by atoms with Gasteiger partial charge in [0.25, 0.3) is 0 Å². The summed E-state index contributed by atoms with van der Waals surface area (Å²) in [6.07, 6.45) is 0. The molecular weight excluding hydrogens is 373 g/mol. The zero-order valence-corrected chi connectivity index (χ0v) is 13.9. The Morgan fingerprint density at radius 1 is 1.05 bits per heavy atom. The first kappa shape index (κ1) is 14.6. The predicted octanol–water partition coefficient (Wildman–Crippen LogP) is 5.09. The van der Waals surface area contributed by atoms with Gasteiger partial charge in [0, 0.05) is 20.7 Å².